The van der Waals surface area contributed by atoms with Gasteiger partial charge in [0.15, 0.2) is 0 Å². The number of fused-ring (bicyclic) bond motifs is 2. The van der Waals surface area contributed by atoms with E-state index in [9.17, 15) is 0 Å². The van der Waals surface area contributed by atoms with Gasteiger partial charge in [0.25, 0.3) is 0 Å². The Bertz CT molecular complexity index is 489. The van der Waals surface area contributed by atoms with Gasteiger partial charge in [0, 0.05) is 42.0 Å². The normalized spacial score (nSPS) is 40.6. The van der Waals surface area contributed by atoms with Crippen LogP contribution in [-0.2, 0) is 5.41 Å². The van der Waals surface area contributed by atoms with Gasteiger partial charge < -0.3 is 14.8 Å². The van der Waals surface area contributed by atoms with Crippen molar-refractivity contribution in [2.45, 2.75) is 69.0 Å². The van der Waals surface area contributed by atoms with Crippen LogP contribution in [0, 0.1) is 0 Å². The van der Waals surface area contributed by atoms with E-state index in [0.29, 0.717) is 6.04 Å². The number of nitrogens with one attached hydrogen (secondary N) is 1. The third-order valence-corrected chi connectivity index (χ3v) is 6.36. The third-order valence-electron chi connectivity index (χ3n) is 6.36. The molecule has 1 aromatic heterocycles. The second-order valence-electron chi connectivity index (χ2n) is 7.70. The lowest BCUT2D eigenvalue weighted by atomic mass is 9.81. The predicted octanol–water partition coefficient (Wildman–Crippen LogP) is 2.32. The molecule has 0 saturated carbocycles. The first-order valence-corrected chi connectivity index (χ1v) is 8.62. The first kappa shape index (κ1) is 13.8. The highest BCUT2D eigenvalue weighted by molar-refractivity contribution is 5.18. The molecule has 2 bridgehead atoms. The molecule has 1 N–H and O–H groups in total. The van der Waals surface area contributed by atoms with Crippen molar-refractivity contribution >= 4 is 0 Å². The van der Waals surface area contributed by atoms with Gasteiger partial charge in [-0.3, -0.25) is 0 Å². The van der Waals surface area contributed by atoms with E-state index in [2.05, 4.69) is 46.3 Å². The maximum absolute atomic E-state index is 4.52. The van der Waals surface area contributed by atoms with E-state index in [1.165, 1.54) is 44.2 Å². The second kappa shape index (κ2) is 5.10. The van der Waals surface area contributed by atoms with Crippen molar-refractivity contribution in [2.24, 2.45) is 0 Å². The molecule has 3 aliphatic heterocycles. The van der Waals surface area contributed by atoms with E-state index in [1.54, 1.807) is 0 Å². The number of hydrogen-bond donors (Lipinski definition) is 1. The molecule has 3 unspecified atom stereocenters. The molecule has 4 heteroatoms. The molecule has 4 nitrogen and oxygen atoms in total. The Balaban J connectivity index is 1.61. The first-order chi connectivity index (χ1) is 10.2. The minimum absolute atomic E-state index is 0.273. The Labute approximate surface area is 127 Å². The lowest BCUT2D eigenvalue weighted by Gasteiger charge is -2.48. The molecule has 0 spiro atoms. The van der Waals surface area contributed by atoms with Gasteiger partial charge in [-0.1, -0.05) is 13.3 Å². The monoisotopic (exact) mass is 288 g/mol. The van der Waals surface area contributed by atoms with Gasteiger partial charge >= 0.3 is 0 Å². The molecule has 0 radical (unpaired) electrons. The minimum Gasteiger partial charge on any atom is -0.331 e. The smallest absolute Gasteiger partial charge is 0.0951 e. The van der Waals surface area contributed by atoms with Crippen molar-refractivity contribution in [3.8, 4) is 0 Å². The fourth-order valence-electron chi connectivity index (χ4n) is 4.91. The van der Waals surface area contributed by atoms with Crippen LogP contribution in [0.3, 0.4) is 0 Å². The van der Waals surface area contributed by atoms with Crippen LogP contribution in [0.4, 0.5) is 0 Å². The SMILES string of the molecule is CN1C2CCCC1CC(n1cncc1C1(C)CCNC1)C2. The fraction of sp³-hybridized carbons (Fsp3) is 0.824. The molecule has 4 heterocycles. The number of nitrogens with zero attached hydrogens (tertiary/aromatic N) is 3. The van der Waals surface area contributed by atoms with Crippen LogP contribution >= 0.6 is 0 Å². The summed E-state index contributed by atoms with van der Waals surface area (Å²) in [5.41, 5.74) is 1.73. The van der Waals surface area contributed by atoms with Gasteiger partial charge in [0.1, 0.15) is 0 Å². The predicted molar refractivity (Wildman–Crippen MR) is 84.5 cm³/mol. The van der Waals surface area contributed by atoms with Crippen molar-refractivity contribution in [3.05, 3.63) is 18.2 Å². The van der Waals surface area contributed by atoms with Crippen molar-refractivity contribution in [3.63, 3.8) is 0 Å². The average molecular weight is 288 g/mol. The maximum Gasteiger partial charge on any atom is 0.0951 e. The highest BCUT2D eigenvalue weighted by Gasteiger charge is 2.39. The first-order valence-electron chi connectivity index (χ1n) is 8.62. The van der Waals surface area contributed by atoms with Crippen LogP contribution < -0.4 is 5.32 Å². The molecule has 21 heavy (non-hydrogen) atoms. The summed E-state index contributed by atoms with van der Waals surface area (Å²) in [4.78, 5) is 7.17. The van der Waals surface area contributed by atoms with E-state index in [4.69, 9.17) is 0 Å². The van der Waals surface area contributed by atoms with Gasteiger partial charge in [-0.25, -0.2) is 4.98 Å². The topological polar surface area (TPSA) is 33.1 Å². The summed E-state index contributed by atoms with van der Waals surface area (Å²) in [6, 6.07) is 2.23. The van der Waals surface area contributed by atoms with Crippen LogP contribution in [0.2, 0.25) is 0 Å². The number of hydrogen-bond acceptors (Lipinski definition) is 3. The van der Waals surface area contributed by atoms with E-state index in [1.807, 2.05) is 0 Å². The highest BCUT2D eigenvalue weighted by Crippen LogP contribution is 2.40. The molecule has 3 saturated heterocycles. The minimum atomic E-state index is 0.273. The Hall–Kier alpha value is -0.870. The van der Waals surface area contributed by atoms with E-state index < -0.39 is 0 Å². The molecular weight excluding hydrogens is 260 g/mol. The van der Waals surface area contributed by atoms with Gasteiger partial charge in [0.2, 0.25) is 0 Å². The van der Waals surface area contributed by atoms with Crippen molar-refractivity contribution in [2.75, 3.05) is 20.1 Å². The molecule has 0 amide bonds. The third kappa shape index (κ3) is 2.23. The molecular formula is C17H28N4. The Morgan fingerprint density at radius 2 is 2.00 bits per heavy atom. The molecule has 1 aromatic rings. The van der Waals surface area contributed by atoms with Gasteiger partial charge in [-0.2, -0.15) is 0 Å². The lowest BCUT2D eigenvalue weighted by molar-refractivity contribution is 0.0387. The number of rotatable bonds is 2. The summed E-state index contributed by atoms with van der Waals surface area (Å²) in [7, 11) is 2.34. The average Bonchev–Trinajstić information content (AvgIpc) is 3.08. The zero-order valence-electron chi connectivity index (χ0n) is 13.4. The Morgan fingerprint density at radius 1 is 1.24 bits per heavy atom. The van der Waals surface area contributed by atoms with E-state index in [0.717, 1.165) is 25.2 Å². The standard InChI is InChI=1S/C17H28N4/c1-17(6-7-18-11-17)16-10-19-12-21(16)15-8-13-4-3-5-14(9-15)20(13)2/h10,12-15,18H,3-9,11H2,1-2H3. The van der Waals surface area contributed by atoms with Gasteiger partial charge in [0.05, 0.1) is 6.33 Å². The van der Waals surface area contributed by atoms with Crippen LogP contribution in [-0.4, -0.2) is 46.7 Å². The zero-order valence-corrected chi connectivity index (χ0v) is 13.4. The molecule has 116 valence electrons. The van der Waals surface area contributed by atoms with Crippen LogP contribution in [0.1, 0.15) is 57.2 Å². The van der Waals surface area contributed by atoms with E-state index in [-0.39, 0.29) is 5.41 Å². The zero-order chi connectivity index (χ0) is 14.4. The molecule has 3 aliphatic rings. The van der Waals surface area contributed by atoms with Crippen molar-refractivity contribution in [1.82, 2.24) is 19.8 Å². The molecule has 0 aliphatic carbocycles. The summed E-state index contributed by atoms with van der Waals surface area (Å²) in [5.74, 6) is 0. The van der Waals surface area contributed by atoms with Gasteiger partial charge in [-0.05, 0) is 45.7 Å². The number of piperidine rings is 2. The van der Waals surface area contributed by atoms with Crippen LogP contribution in [0.5, 0.6) is 0 Å². The Morgan fingerprint density at radius 3 is 2.67 bits per heavy atom. The fourth-order valence-corrected chi connectivity index (χ4v) is 4.91. The molecule has 3 fully saturated rings. The summed E-state index contributed by atoms with van der Waals surface area (Å²) in [6.07, 6.45) is 12.3. The Kier molecular flexibility index (Phi) is 3.34. The maximum atomic E-state index is 4.52. The van der Waals surface area contributed by atoms with Gasteiger partial charge in [-0.15, -0.1) is 0 Å². The van der Waals surface area contributed by atoms with Crippen molar-refractivity contribution < 1.29 is 0 Å². The second-order valence-corrected chi connectivity index (χ2v) is 7.70. The van der Waals surface area contributed by atoms with Crippen LogP contribution in [0.25, 0.3) is 0 Å². The summed E-state index contributed by atoms with van der Waals surface area (Å²) in [5, 5.41) is 3.53. The highest BCUT2D eigenvalue weighted by atomic mass is 15.2. The summed E-state index contributed by atoms with van der Waals surface area (Å²) < 4.78 is 2.53. The number of aromatic nitrogens is 2. The van der Waals surface area contributed by atoms with Crippen molar-refractivity contribution in [1.29, 1.82) is 0 Å². The largest absolute Gasteiger partial charge is 0.331 e. The molecule has 3 atom stereocenters. The van der Waals surface area contributed by atoms with Crippen LogP contribution in [0.15, 0.2) is 12.5 Å². The summed E-state index contributed by atoms with van der Waals surface area (Å²) >= 11 is 0. The molecule has 0 aromatic carbocycles. The summed E-state index contributed by atoms with van der Waals surface area (Å²) in [6.45, 7) is 4.63. The van der Waals surface area contributed by atoms with E-state index >= 15 is 0 Å². The quantitative estimate of drug-likeness (QED) is 0.906. The number of imidazole rings is 1. The molecule has 4 rings (SSSR count). The lowest BCUT2D eigenvalue weighted by Crippen LogP contribution is -2.50.